The van der Waals surface area contributed by atoms with Crippen LogP contribution in [0.5, 0.6) is 0 Å². The molecular weight excluding hydrogens is 178 g/mol. The molecule has 0 aromatic carbocycles. The van der Waals surface area contributed by atoms with Gasteiger partial charge in [0.15, 0.2) is 0 Å². The number of likely N-dealkylation sites (tertiary alicyclic amines) is 1. The van der Waals surface area contributed by atoms with Crippen molar-refractivity contribution in [3.8, 4) is 0 Å². The minimum absolute atomic E-state index is 0.0717. The Morgan fingerprint density at radius 3 is 2.71 bits per heavy atom. The lowest BCUT2D eigenvalue weighted by atomic mass is 9.91. The molecule has 2 N–H and O–H groups in total. The SMILES string of the molecule is CC1(CO)CCN([C@H]2CCC[C@@H]2O)C1. The molecule has 14 heavy (non-hydrogen) atoms. The van der Waals surface area contributed by atoms with Crippen LogP contribution in [-0.2, 0) is 0 Å². The molecule has 82 valence electrons. The molecule has 0 aromatic rings. The molecule has 1 saturated carbocycles. The van der Waals surface area contributed by atoms with E-state index < -0.39 is 0 Å². The lowest BCUT2D eigenvalue weighted by Crippen LogP contribution is -2.40. The first-order chi connectivity index (χ1) is 6.64. The Balaban J connectivity index is 1.95. The van der Waals surface area contributed by atoms with E-state index in [1.54, 1.807) is 0 Å². The maximum Gasteiger partial charge on any atom is 0.0695 e. The average molecular weight is 199 g/mol. The fraction of sp³-hybridized carbons (Fsp3) is 1.00. The zero-order valence-electron chi connectivity index (χ0n) is 8.95. The molecule has 2 aliphatic rings. The first-order valence-electron chi connectivity index (χ1n) is 5.68. The number of nitrogens with zero attached hydrogens (tertiary/aromatic N) is 1. The second-order valence-corrected chi connectivity index (χ2v) is 5.25. The van der Waals surface area contributed by atoms with Crippen molar-refractivity contribution in [1.29, 1.82) is 0 Å². The summed E-state index contributed by atoms with van der Waals surface area (Å²) < 4.78 is 0. The standard InChI is InChI=1S/C11H21NO2/c1-11(8-13)5-6-12(7-11)9-3-2-4-10(9)14/h9-10,13-14H,2-8H2,1H3/t9-,10-,11?/m0/s1. The average Bonchev–Trinajstić information content (AvgIpc) is 2.73. The summed E-state index contributed by atoms with van der Waals surface area (Å²) in [6.07, 6.45) is 4.17. The van der Waals surface area contributed by atoms with Gasteiger partial charge in [-0.25, -0.2) is 0 Å². The minimum atomic E-state index is -0.129. The van der Waals surface area contributed by atoms with Crippen LogP contribution in [0, 0.1) is 5.41 Å². The molecule has 0 amide bonds. The lowest BCUT2D eigenvalue weighted by molar-refractivity contribution is 0.0702. The summed E-state index contributed by atoms with van der Waals surface area (Å²) in [7, 11) is 0. The highest BCUT2D eigenvalue weighted by molar-refractivity contribution is 4.93. The van der Waals surface area contributed by atoms with E-state index in [1.165, 1.54) is 0 Å². The van der Waals surface area contributed by atoms with Crippen molar-refractivity contribution < 1.29 is 10.2 Å². The van der Waals surface area contributed by atoms with Gasteiger partial charge in [0.1, 0.15) is 0 Å². The van der Waals surface area contributed by atoms with Gasteiger partial charge in [-0.15, -0.1) is 0 Å². The molecule has 2 rings (SSSR count). The molecule has 1 heterocycles. The van der Waals surface area contributed by atoms with Gasteiger partial charge in [-0.3, -0.25) is 4.90 Å². The molecule has 3 nitrogen and oxygen atoms in total. The van der Waals surface area contributed by atoms with E-state index in [-0.39, 0.29) is 18.1 Å². The van der Waals surface area contributed by atoms with Gasteiger partial charge in [0.05, 0.1) is 6.10 Å². The van der Waals surface area contributed by atoms with Crippen LogP contribution in [0.25, 0.3) is 0 Å². The van der Waals surface area contributed by atoms with Crippen LogP contribution in [0.3, 0.4) is 0 Å². The highest BCUT2D eigenvalue weighted by atomic mass is 16.3. The second kappa shape index (κ2) is 3.80. The van der Waals surface area contributed by atoms with Crippen molar-refractivity contribution >= 4 is 0 Å². The zero-order valence-corrected chi connectivity index (χ0v) is 8.95. The number of rotatable bonds is 2. The van der Waals surface area contributed by atoms with Crippen molar-refractivity contribution in [2.24, 2.45) is 5.41 Å². The van der Waals surface area contributed by atoms with Crippen molar-refractivity contribution in [3.05, 3.63) is 0 Å². The van der Waals surface area contributed by atoms with Gasteiger partial charge in [-0.1, -0.05) is 6.92 Å². The van der Waals surface area contributed by atoms with E-state index in [4.69, 9.17) is 0 Å². The van der Waals surface area contributed by atoms with Gasteiger partial charge in [0.25, 0.3) is 0 Å². The van der Waals surface area contributed by atoms with Gasteiger partial charge in [-0.05, 0) is 32.2 Å². The van der Waals surface area contributed by atoms with E-state index in [2.05, 4.69) is 11.8 Å². The maximum absolute atomic E-state index is 9.79. The van der Waals surface area contributed by atoms with Gasteiger partial charge in [-0.2, -0.15) is 0 Å². The zero-order chi connectivity index (χ0) is 10.2. The molecule has 3 heteroatoms. The maximum atomic E-state index is 9.79. The molecule has 0 radical (unpaired) electrons. The molecule has 0 spiro atoms. The van der Waals surface area contributed by atoms with E-state index >= 15 is 0 Å². The summed E-state index contributed by atoms with van der Waals surface area (Å²) in [5.41, 5.74) is 0.0717. The van der Waals surface area contributed by atoms with Crippen LogP contribution in [0.1, 0.15) is 32.6 Å². The number of aliphatic hydroxyl groups excluding tert-OH is 2. The molecule has 0 aromatic heterocycles. The first kappa shape index (κ1) is 10.4. The Morgan fingerprint density at radius 1 is 1.43 bits per heavy atom. The van der Waals surface area contributed by atoms with E-state index in [1.807, 2.05) is 0 Å². The third-order valence-electron chi connectivity index (χ3n) is 3.88. The van der Waals surface area contributed by atoms with E-state index in [9.17, 15) is 10.2 Å². The third kappa shape index (κ3) is 1.81. The van der Waals surface area contributed by atoms with Crippen LogP contribution < -0.4 is 0 Å². The predicted molar refractivity (Wildman–Crippen MR) is 55.0 cm³/mol. The number of hydrogen-bond donors (Lipinski definition) is 2. The largest absolute Gasteiger partial charge is 0.396 e. The Bertz CT molecular complexity index is 209. The summed E-state index contributed by atoms with van der Waals surface area (Å²) in [5.74, 6) is 0. The monoisotopic (exact) mass is 199 g/mol. The second-order valence-electron chi connectivity index (χ2n) is 5.25. The smallest absolute Gasteiger partial charge is 0.0695 e. The van der Waals surface area contributed by atoms with Crippen LogP contribution in [0.4, 0.5) is 0 Å². The van der Waals surface area contributed by atoms with E-state index in [0.29, 0.717) is 6.04 Å². The van der Waals surface area contributed by atoms with Crippen LogP contribution >= 0.6 is 0 Å². The fourth-order valence-electron chi connectivity index (χ4n) is 2.82. The van der Waals surface area contributed by atoms with Gasteiger partial charge in [0.2, 0.25) is 0 Å². The first-order valence-corrected chi connectivity index (χ1v) is 5.68. The van der Waals surface area contributed by atoms with Crippen molar-refractivity contribution in [2.75, 3.05) is 19.7 Å². The van der Waals surface area contributed by atoms with Crippen LogP contribution in [0.2, 0.25) is 0 Å². The summed E-state index contributed by atoms with van der Waals surface area (Å²) in [6.45, 7) is 4.39. The van der Waals surface area contributed by atoms with E-state index in [0.717, 1.165) is 38.8 Å². The van der Waals surface area contributed by atoms with Crippen molar-refractivity contribution in [2.45, 2.75) is 44.8 Å². The van der Waals surface area contributed by atoms with Crippen molar-refractivity contribution in [1.82, 2.24) is 4.90 Å². The minimum Gasteiger partial charge on any atom is -0.396 e. The molecule has 0 bridgehead atoms. The molecule has 1 unspecified atom stereocenters. The molecule has 1 aliphatic carbocycles. The number of aliphatic hydroxyl groups is 2. The number of hydrogen-bond acceptors (Lipinski definition) is 3. The summed E-state index contributed by atoms with van der Waals surface area (Å²) in [5, 5.41) is 19.1. The highest BCUT2D eigenvalue weighted by Gasteiger charge is 2.39. The fourth-order valence-corrected chi connectivity index (χ4v) is 2.82. The van der Waals surface area contributed by atoms with Gasteiger partial charge < -0.3 is 10.2 Å². The normalized spacial score (nSPS) is 44.8. The molecular formula is C11H21NO2. The summed E-state index contributed by atoms with van der Waals surface area (Å²) >= 11 is 0. The van der Waals surface area contributed by atoms with Crippen LogP contribution in [0.15, 0.2) is 0 Å². The molecule has 1 saturated heterocycles. The topological polar surface area (TPSA) is 43.7 Å². The Morgan fingerprint density at radius 2 is 2.21 bits per heavy atom. The predicted octanol–water partition coefficient (Wildman–Crippen LogP) is 0.604. The lowest BCUT2D eigenvalue weighted by Gasteiger charge is -2.28. The summed E-state index contributed by atoms with van der Waals surface area (Å²) in [6, 6.07) is 0.364. The Labute approximate surface area is 85.7 Å². The molecule has 1 aliphatic heterocycles. The van der Waals surface area contributed by atoms with Crippen molar-refractivity contribution in [3.63, 3.8) is 0 Å². The van der Waals surface area contributed by atoms with Gasteiger partial charge in [0, 0.05) is 24.6 Å². The summed E-state index contributed by atoms with van der Waals surface area (Å²) in [4.78, 5) is 2.37. The van der Waals surface area contributed by atoms with Gasteiger partial charge >= 0.3 is 0 Å². The Hall–Kier alpha value is -0.120. The molecule has 3 atom stereocenters. The van der Waals surface area contributed by atoms with Crippen LogP contribution in [-0.4, -0.2) is 47.0 Å². The quantitative estimate of drug-likeness (QED) is 0.684. The molecule has 2 fully saturated rings. The third-order valence-corrected chi connectivity index (χ3v) is 3.88. The highest BCUT2D eigenvalue weighted by Crippen LogP contribution is 2.34. The Kier molecular flexibility index (Phi) is 2.82.